The Labute approximate surface area is 164 Å². The van der Waals surface area contributed by atoms with Gasteiger partial charge in [-0.15, -0.1) is 0 Å². The lowest BCUT2D eigenvalue weighted by Gasteiger charge is -2.08. The normalized spacial score (nSPS) is 11.0. The highest BCUT2D eigenvalue weighted by molar-refractivity contribution is 5.93. The summed E-state index contributed by atoms with van der Waals surface area (Å²) in [6, 6.07) is 19.8. The van der Waals surface area contributed by atoms with Crippen LogP contribution in [0.25, 0.3) is 16.9 Å². The first kappa shape index (κ1) is 17.9. The third-order valence-corrected chi connectivity index (χ3v) is 4.69. The molecular weight excluding hydrogens is 348 g/mol. The molecule has 0 unspecified atom stereocenters. The maximum Gasteiger partial charge on any atom is 0.230 e. The van der Waals surface area contributed by atoms with Gasteiger partial charge in [-0.1, -0.05) is 47.5 Å². The summed E-state index contributed by atoms with van der Waals surface area (Å²) in [6.45, 7) is 6.00. The third-order valence-electron chi connectivity index (χ3n) is 4.69. The molecular formula is C23H22N4O. The van der Waals surface area contributed by atoms with Gasteiger partial charge in [0, 0.05) is 11.3 Å². The quantitative estimate of drug-likeness (QED) is 0.575. The second kappa shape index (κ2) is 7.27. The van der Waals surface area contributed by atoms with Crippen molar-refractivity contribution in [1.82, 2.24) is 14.6 Å². The molecule has 0 aliphatic heterocycles. The molecule has 0 aliphatic rings. The molecule has 1 N–H and O–H groups in total. The van der Waals surface area contributed by atoms with Crippen LogP contribution >= 0.6 is 0 Å². The van der Waals surface area contributed by atoms with Crippen molar-refractivity contribution in [2.24, 2.45) is 0 Å². The van der Waals surface area contributed by atoms with Crippen molar-refractivity contribution in [2.75, 3.05) is 5.32 Å². The Hall–Kier alpha value is -3.47. The number of fused-ring (bicyclic) bond motifs is 1. The predicted octanol–water partition coefficient (Wildman–Crippen LogP) is 4.50. The summed E-state index contributed by atoms with van der Waals surface area (Å²) < 4.78 is 1.78. The summed E-state index contributed by atoms with van der Waals surface area (Å²) in [7, 11) is 0. The molecule has 4 rings (SSSR count). The second-order valence-electron chi connectivity index (χ2n) is 7.11. The zero-order chi connectivity index (χ0) is 19.7. The van der Waals surface area contributed by atoms with Gasteiger partial charge in [-0.2, -0.15) is 5.10 Å². The molecule has 140 valence electrons. The minimum Gasteiger partial charge on any atom is -0.326 e. The molecule has 2 aromatic heterocycles. The Bertz CT molecular complexity index is 1140. The van der Waals surface area contributed by atoms with Gasteiger partial charge in [0.15, 0.2) is 5.65 Å². The molecule has 0 bridgehead atoms. The van der Waals surface area contributed by atoms with Gasteiger partial charge in [0.25, 0.3) is 0 Å². The molecule has 28 heavy (non-hydrogen) atoms. The molecule has 0 aliphatic carbocycles. The number of hydrogen-bond acceptors (Lipinski definition) is 3. The maximum atomic E-state index is 12.8. The minimum absolute atomic E-state index is 0.0951. The van der Waals surface area contributed by atoms with Gasteiger partial charge in [0.2, 0.25) is 5.91 Å². The largest absolute Gasteiger partial charge is 0.326 e. The summed E-state index contributed by atoms with van der Waals surface area (Å²) in [5, 5.41) is 7.55. The number of amides is 1. The van der Waals surface area contributed by atoms with Crippen LogP contribution in [0.5, 0.6) is 0 Å². The summed E-state index contributed by atoms with van der Waals surface area (Å²) in [5.41, 5.74) is 7.28. The molecule has 0 atom stereocenters. The Morgan fingerprint density at radius 2 is 1.54 bits per heavy atom. The molecule has 2 aromatic carbocycles. The molecule has 5 heteroatoms. The van der Waals surface area contributed by atoms with Gasteiger partial charge in [-0.25, -0.2) is 9.50 Å². The Morgan fingerprint density at radius 3 is 2.21 bits per heavy atom. The van der Waals surface area contributed by atoms with E-state index < -0.39 is 0 Å². The number of imidazole rings is 1. The summed E-state index contributed by atoms with van der Waals surface area (Å²) in [6.07, 6.45) is 0.189. The van der Waals surface area contributed by atoms with Crippen LogP contribution < -0.4 is 5.32 Å². The van der Waals surface area contributed by atoms with E-state index in [2.05, 4.69) is 10.4 Å². The van der Waals surface area contributed by atoms with E-state index >= 15 is 0 Å². The average molecular weight is 370 g/mol. The number of rotatable bonds is 4. The van der Waals surface area contributed by atoms with Gasteiger partial charge >= 0.3 is 0 Å². The van der Waals surface area contributed by atoms with Crippen molar-refractivity contribution in [3.8, 4) is 11.3 Å². The monoisotopic (exact) mass is 370 g/mol. The van der Waals surface area contributed by atoms with Crippen LogP contribution in [0.15, 0.2) is 60.7 Å². The zero-order valence-electron chi connectivity index (χ0n) is 16.2. The van der Waals surface area contributed by atoms with Gasteiger partial charge in [-0.05, 0) is 45.0 Å². The lowest BCUT2D eigenvalue weighted by molar-refractivity contribution is -0.115. The van der Waals surface area contributed by atoms with Crippen LogP contribution in [-0.2, 0) is 11.2 Å². The first-order valence-corrected chi connectivity index (χ1v) is 9.28. The SMILES string of the molecule is Cc1ccc(NC(=O)Cc2c(-c3ccc(C)cc3)nc3ccc(C)nn23)cc1. The van der Waals surface area contributed by atoms with Crippen LogP contribution in [-0.4, -0.2) is 20.5 Å². The Morgan fingerprint density at radius 1 is 0.893 bits per heavy atom. The number of aryl methyl sites for hydroxylation is 3. The van der Waals surface area contributed by atoms with E-state index in [1.807, 2.05) is 81.4 Å². The van der Waals surface area contributed by atoms with E-state index in [0.29, 0.717) is 0 Å². The first-order chi connectivity index (χ1) is 13.5. The molecule has 5 nitrogen and oxygen atoms in total. The van der Waals surface area contributed by atoms with Crippen LogP contribution in [0.3, 0.4) is 0 Å². The molecule has 0 fully saturated rings. The number of benzene rings is 2. The third kappa shape index (κ3) is 3.64. The second-order valence-corrected chi connectivity index (χ2v) is 7.11. The summed E-state index contributed by atoms with van der Waals surface area (Å²) >= 11 is 0. The Balaban J connectivity index is 1.72. The highest BCUT2D eigenvalue weighted by Gasteiger charge is 2.18. The highest BCUT2D eigenvalue weighted by Crippen LogP contribution is 2.25. The van der Waals surface area contributed by atoms with Crippen molar-refractivity contribution < 1.29 is 4.79 Å². The van der Waals surface area contributed by atoms with E-state index in [4.69, 9.17) is 4.98 Å². The fraction of sp³-hybridized carbons (Fsp3) is 0.174. The standard InChI is InChI=1S/C23H22N4O/c1-15-4-9-18(10-5-15)23-20(27-21(25-23)13-8-17(3)26-27)14-22(28)24-19-11-6-16(2)7-12-19/h4-13H,14H2,1-3H3,(H,24,28). The Kier molecular flexibility index (Phi) is 4.65. The molecule has 0 saturated carbocycles. The number of aromatic nitrogens is 3. The smallest absolute Gasteiger partial charge is 0.230 e. The van der Waals surface area contributed by atoms with E-state index in [1.54, 1.807) is 4.52 Å². The topological polar surface area (TPSA) is 59.3 Å². The first-order valence-electron chi connectivity index (χ1n) is 9.28. The van der Waals surface area contributed by atoms with Crippen molar-refractivity contribution >= 4 is 17.2 Å². The molecule has 2 heterocycles. The predicted molar refractivity (Wildman–Crippen MR) is 111 cm³/mol. The highest BCUT2D eigenvalue weighted by atomic mass is 16.1. The van der Waals surface area contributed by atoms with Crippen molar-refractivity contribution in [3.05, 3.63) is 83.2 Å². The van der Waals surface area contributed by atoms with E-state index in [9.17, 15) is 4.79 Å². The number of carbonyl (C=O) groups is 1. The van der Waals surface area contributed by atoms with Gasteiger partial charge in [0.1, 0.15) is 0 Å². The molecule has 0 saturated heterocycles. The van der Waals surface area contributed by atoms with Crippen LogP contribution in [0.4, 0.5) is 5.69 Å². The molecule has 0 radical (unpaired) electrons. The molecule has 4 aromatic rings. The van der Waals surface area contributed by atoms with Gasteiger partial charge < -0.3 is 5.32 Å². The number of carbonyl (C=O) groups excluding carboxylic acids is 1. The van der Waals surface area contributed by atoms with Gasteiger partial charge in [0.05, 0.1) is 23.5 Å². The van der Waals surface area contributed by atoms with E-state index in [1.165, 1.54) is 5.56 Å². The lowest BCUT2D eigenvalue weighted by atomic mass is 10.1. The summed E-state index contributed by atoms with van der Waals surface area (Å²) in [4.78, 5) is 17.5. The van der Waals surface area contributed by atoms with Crippen LogP contribution in [0, 0.1) is 20.8 Å². The summed E-state index contributed by atoms with van der Waals surface area (Å²) in [5.74, 6) is -0.0951. The van der Waals surface area contributed by atoms with Crippen LogP contribution in [0.2, 0.25) is 0 Å². The maximum absolute atomic E-state index is 12.8. The van der Waals surface area contributed by atoms with Crippen molar-refractivity contribution in [1.29, 1.82) is 0 Å². The van der Waals surface area contributed by atoms with Crippen LogP contribution in [0.1, 0.15) is 22.5 Å². The average Bonchev–Trinajstić information content (AvgIpc) is 3.02. The number of anilines is 1. The van der Waals surface area contributed by atoms with E-state index in [-0.39, 0.29) is 12.3 Å². The van der Waals surface area contributed by atoms with Crippen molar-refractivity contribution in [2.45, 2.75) is 27.2 Å². The van der Waals surface area contributed by atoms with Crippen molar-refractivity contribution in [3.63, 3.8) is 0 Å². The van der Waals surface area contributed by atoms with E-state index in [0.717, 1.165) is 39.5 Å². The molecule has 0 spiro atoms. The fourth-order valence-electron chi connectivity index (χ4n) is 3.17. The number of hydrogen-bond donors (Lipinski definition) is 1. The van der Waals surface area contributed by atoms with Gasteiger partial charge in [-0.3, -0.25) is 4.79 Å². The number of nitrogens with zero attached hydrogens (tertiary/aromatic N) is 3. The fourth-order valence-corrected chi connectivity index (χ4v) is 3.17. The number of nitrogens with one attached hydrogen (secondary N) is 1. The molecule has 1 amide bonds. The lowest BCUT2D eigenvalue weighted by Crippen LogP contribution is -2.16. The minimum atomic E-state index is -0.0951. The zero-order valence-corrected chi connectivity index (χ0v) is 16.2.